The highest BCUT2D eigenvalue weighted by Gasteiger charge is 2.27. The molecule has 4 nitrogen and oxygen atoms in total. The molecule has 0 fully saturated rings. The Kier molecular flexibility index (Phi) is 7.59. The van der Waals surface area contributed by atoms with Crippen LogP contribution < -0.4 is 0 Å². The minimum Gasteiger partial charge on any atom is -0.466 e. The molecule has 0 aliphatic carbocycles. The van der Waals surface area contributed by atoms with Crippen LogP contribution in [0.1, 0.15) is 41.0 Å². The van der Waals surface area contributed by atoms with Crippen LogP contribution in [0.3, 0.4) is 0 Å². The van der Waals surface area contributed by atoms with E-state index >= 15 is 0 Å². The van der Waals surface area contributed by atoms with Gasteiger partial charge in [0.05, 0.1) is 25.6 Å². The van der Waals surface area contributed by atoms with Crippen molar-refractivity contribution in [3.8, 4) is 0 Å². The van der Waals surface area contributed by atoms with Crippen LogP contribution in [0.5, 0.6) is 0 Å². The molecule has 100 valence electrons. The topological polar surface area (TPSA) is 52.6 Å². The summed E-state index contributed by atoms with van der Waals surface area (Å²) in [7, 11) is 0. The zero-order chi connectivity index (χ0) is 13.4. The molecule has 0 heterocycles. The molecule has 0 aliphatic rings. The second-order valence-corrected chi connectivity index (χ2v) is 4.88. The predicted molar refractivity (Wildman–Crippen MR) is 65.4 cm³/mol. The van der Waals surface area contributed by atoms with E-state index in [1.54, 1.807) is 6.92 Å². The van der Waals surface area contributed by atoms with Crippen LogP contribution in [-0.2, 0) is 19.1 Å². The number of hydrogen-bond donors (Lipinski definition) is 0. The molecule has 0 saturated carbocycles. The molecule has 1 atom stereocenters. The van der Waals surface area contributed by atoms with Crippen molar-refractivity contribution in [2.24, 2.45) is 17.8 Å². The first-order valence-corrected chi connectivity index (χ1v) is 6.20. The molecule has 1 unspecified atom stereocenters. The lowest BCUT2D eigenvalue weighted by molar-refractivity contribution is -0.157. The van der Waals surface area contributed by atoms with E-state index in [0.717, 1.165) is 0 Å². The summed E-state index contributed by atoms with van der Waals surface area (Å²) in [5.74, 6) is -0.677. The Morgan fingerprint density at radius 2 is 1.65 bits per heavy atom. The summed E-state index contributed by atoms with van der Waals surface area (Å²) in [6.45, 7) is 10.2. The number of carbonyl (C=O) groups is 2. The van der Waals surface area contributed by atoms with Crippen molar-refractivity contribution in [3.05, 3.63) is 0 Å². The van der Waals surface area contributed by atoms with E-state index in [2.05, 4.69) is 0 Å². The number of rotatable bonds is 7. The fourth-order valence-corrected chi connectivity index (χ4v) is 1.34. The van der Waals surface area contributed by atoms with Gasteiger partial charge >= 0.3 is 11.9 Å². The lowest BCUT2D eigenvalue weighted by atomic mass is 9.93. The summed E-state index contributed by atoms with van der Waals surface area (Å²) in [4.78, 5) is 23.2. The quantitative estimate of drug-likeness (QED) is 0.645. The molecule has 0 spiro atoms. The summed E-state index contributed by atoms with van der Waals surface area (Å²) in [5, 5.41) is 0. The van der Waals surface area contributed by atoms with Gasteiger partial charge in [0, 0.05) is 0 Å². The molecule has 4 heteroatoms. The maximum Gasteiger partial charge on any atom is 0.309 e. The van der Waals surface area contributed by atoms with Gasteiger partial charge < -0.3 is 9.47 Å². The first-order chi connectivity index (χ1) is 7.88. The van der Waals surface area contributed by atoms with E-state index in [-0.39, 0.29) is 24.3 Å². The van der Waals surface area contributed by atoms with Gasteiger partial charge in [-0.15, -0.1) is 0 Å². The Hall–Kier alpha value is -1.06. The van der Waals surface area contributed by atoms with Crippen LogP contribution in [-0.4, -0.2) is 25.2 Å². The Morgan fingerprint density at radius 1 is 1.06 bits per heavy atom. The van der Waals surface area contributed by atoms with Gasteiger partial charge in [-0.25, -0.2) is 0 Å². The van der Waals surface area contributed by atoms with Gasteiger partial charge in [0.2, 0.25) is 0 Å². The normalized spacial score (nSPS) is 12.6. The summed E-state index contributed by atoms with van der Waals surface area (Å²) in [6.07, 6.45) is 0.100. The maximum atomic E-state index is 11.6. The van der Waals surface area contributed by atoms with Crippen molar-refractivity contribution < 1.29 is 19.1 Å². The monoisotopic (exact) mass is 244 g/mol. The van der Waals surface area contributed by atoms with Crippen LogP contribution in [0, 0.1) is 17.8 Å². The molecule has 0 bridgehead atoms. The van der Waals surface area contributed by atoms with E-state index in [0.29, 0.717) is 19.1 Å². The minimum absolute atomic E-state index is 0.0700. The largest absolute Gasteiger partial charge is 0.466 e. The number of esters is 2. The smallest absolute Gasteiger partial charge is 0.309 e. The third-order valence-electron chi connectivity index (χ3n) is 2.36. The van der Waals surface area contributed by atoms with E-state index < -0.39 is 5.92 Å². The van der Waals surface area contributed by atoms with E-state index in [1.807, 2.05) is 27.7 Å². The summed E-state index contributed by atoms with van der Waals surface area (Å²) in [6, 6.07) is 0. The molecule has 0 aliphatic heterocycles. The lowest BCUT2D eigenvalue weighted by Crippen LogP contribution is -2.26. The van der Waals surface area contributed by atoms with Crippen LogP contribution in [0.25, 0.3) is 0 Å². The van der Waals surface area contributed by atoms with Gasteiger partial charge in [-0.05, 0) is 18.8 Å². The molecular formula is C13H24O4. The molecule has 0 radical (unpaired) electrons. The highest BCUT2D eigenvalue weighted by Crippen LogP contribution is 2.18. The van der Waals surface area contributed by atoms with Crippen molar-refractivity contribution in [1.29, 1.82) is 0 Å². The van der Waals surface area contributed by atoms with Crippen LogP contribution in [0.15, 0.2) is 0 Å². The molecule has 0 rings (SSSR count). The predicted octanol–water partition coefficient (Wildman–Crippen LogP) is 2.41. The van der Waals surface area contributed by atoms with Crippen LogP contribution >= 0.6 is 0 Å². The van der Waals surface area contributed by atoms with Gasteiger partial charge in [0.1, 0.15) is 0 Å². The van der Waals surface area contributed by atoms with Gasteiger partial charge in [-0.3, -0.25) is 9.59 Å². The molecule has 17 heavy (non-hydrogen) atoms. The zero-order valence-electron chi connectivity index (χ0n) is 11.5. The number of ether oxygens (including phenoxy) is 2. The van der Waals surface area contributed by atoms with Crippen molar-refractivity contribution in [2.75, 3.05) is 13.2 Å². The second-order valence-electron chi connectivity index (χ2n) is 4.88. The average Bonchev–Trinajstić information content (AvgIpc) is 2.22. The molecule has 0 aromatic rings. The van der Waals surface area contributed by atoms with Crippen molar-refractivity contribution in [2.45, 2.75) is 41.0 Å². The Morgan fingerprint density at radius 3 is 2.06 bits per heavy atom. The lowest BCUT2D eigenvalue weighted by Gasteiger charge is -2.18. The van der Waals surface area contributed by atoms with E-state index in [1.165, 1.54) is 0 Å². The SMILES string of the molecule is CCOC(=O)C(CC(=O)OCC(C)C)C(C)C. The van der Waals surface area contributed by atoms with Gasteiger partial charge in [0.15, 0.2) is 0 Å². The second kappa shape index (κ2) is 8.09. The third kappa shape index (κ3) is 6.97. The molecule has 0 amide bonds. The van der Waals surface area contributed by atoms with Crippen LogP contribution in [0.4, 0.5) is 0 Å². The van der Waals surface area contributed by atoms with Gasteiger partial charge in [-0.2, -0.15) is 0 Å². The first kappa shape index (κ1) is 15.9. The van der Waals surface area contributed by atoms with Crippen molar-refractivity contribution >= 4 is 11.9 Å². The molecule has 0 saturated heterocycles. The first-order valence-electron chi connectivity index (χ1n) is 6.20. The third-order valence-corrected chi connectivity index (χ3v) is 2.36. The highest BCUT2D eigenvalue weighted by atomic mass is 16.5. The minimum atomic E-state index is -0.408. The Bertz CT molecular complexity index is 246. The Labute approximate surface area is 104 Å². The highest BCUT2D eigenvalue weighted by molar-refractivity contribution is 5.80. The van der Waals surface area contributed by atoms with Crippen molar-refractivity contribution in [1.82, 2.24) is 0 Å². The Balaban J connectivity index is 4.25. The van der Waals surface area contributed by atoms with E-state index in [4.69, 9.17) is 9.47 Å². The molecule has 0 N–H and O–H groups in total. The summed E-state index contributed by atoms with van der Waals surface area (Å²) < 4.78 is 10.0. The standard InChI is InChI=1S/C13H24O4/c1-6-16-13(15)11(10(4)5)7-12(14)17-8-9(2)3/h9-11H,6-8H2,1-5H3. The number of carbonyl (C=O) groups excluding carboxylic acids is 2. The van der Waals surface area contributed by atoms with Crippen molar-refractivity contribution in [3.63, 3.8) is 0 Å². The maximum absolute atomic E-state index is 11.6. The van der Waals surface area contributed by atoms with Gasteiger partial charge in [-0.1, -0.05) is 27.7 Å². The summed E-state index contributed by atoms with van der Waals surface area (Å²) >= 11 is 0. The molecular weight excluding hydrogens is 220 g/mol. The van der Waals surface area contributed by atoms with Crippen LogP contribution in [0.2, 0.25) is 0 Å². The fourth-order valence-electron chi connectivity index (χ4n) is 1.34. The van der Waals surface area contributed by atoms with E-state index in [9.17, 15) is 9.59 Å². The van der Waals surface area contributed by atoms with Gasteiger partial charge in [0.25, 0.3) is 0 Å². The number of hydrogen-bond acceptors (Lipinski definition) is 4. The molecule has 0 aromatic heterocycles. The molecule has 0 aromatic carbocycles. The average molecular weight is 244 g/mol. The fraction of sp³-hybridized carbons (Fsp3) is 0.846. The zero-order valence-corrected chi connectivity index (χ0v) is 11.5. The summed E-state index contributed by atoms with van der Waals surface area (Å²) in [5.41, 5.74) is 0.